The molecule has 4 aromatic rings. The minimum absolute atomic E-state index is 0.0188. The number of fused-ring (bicyclic) bond motifs is 1. The van der Waals surface area contributed by atoms with Crippen LogP contribution in [0, 0.1) is 5.92 Å². The van der Waals surface area contributed by atoms with E-state index >= 15 is 0 Å². The molecular formula is C36H37N3O3. The van der Waals surface area contributed by atoms with Crippen molar-refractivity contribution in [1.29, 1.82) is 0 Å². The highest BCUT2D eigenvalue weighted by Gasteiger charge is 2.32. The van der Waals surface area contributed by atoms with Crippen LogP contribution in [0.3, 0.4) is 0 Å². The summed E-state index contributed by atoms with van der Waals surface area (Å²) in [6, 6.07) is 21.6. The highest BCUT2D eigenvalue weighted by molar-refractivity contribution is 5.96. The predicted octanol–water partition coefficient (Wildman–Crippen LogP) is 8.00. The Bertz CT molecular complexity index is 1610. The summed E-state index contributed by atoms with van der Waals surface area (Å²) in [4.78, 5) is 24.4. The van der Waals surface area contributed by atoms with Gasteiger partial charge in [0.2, 0.25) is 5.91 Å². The largest absolute Gasteiger partial charge is 0.497 e. The van der Waals surface area contributed by atoms with Gasteiger partial charge in [0.25, 0.3) is 0 Å². The molecule has 0 spiro atoms. The molecule has 6 heteroatoms. The molecule has 1 aromatic heterocycles. The standard InChI is InChI=1S/C36H37N3O3/c1-42-34(27-10-6-11-27)20-13-25-7-5-12-31(23-25)39(35(40)28-8-3-2-4-9-28)36(41)29-16-14-26(15-17-29)30-18-19-32-33(24-30)38-22-21-37-32/h5,7,12-24,28,36,41H,2-4,6,8-11H2,1H3/b20-13+. The monoisotopic (exact) mass is 559 g/mol. The summed E-state index contributed by atoms with van der Waals surface area (Å²) < 4.78 is 5.61. The van der Waals surface area contributed by atoms with Gasteiger partial charge in [-0.25, -0.2) is 0 Å². The number of ether oxygens (including phenoxy) is 1. The van der Waals surface area contributed by atoms with Crippen molar-refractivity contribution < 1.29 is 14.6 Å². The lowest BCUT2D eigenvalue weighted by molar-refractivity contribution is -0.125. The minimum Gasteiger partial charge on any atom is -0.497 e. The second-order valence-corrected chi connectivity index (χ2v) is 11.3. The molecule has 6 nitrogen and oxygen atoms in total. The molecule has 214 valence electrons. The number of carbonyl (C=O) groups is 1. The lowest BCUT2D eigenvalue weighted by Crippen LogP contribution is -2.40. The fourth-order valence-electron chi connectivity index (χ4n) is 5.96. The second-order valence-electron chi connectivity index (χ2n) is 11.3. The van der Waals surface area contributed by atoms with E-state index in [1.165, 1.54) is 12.0 Å². The van der Waals surface area contributed by atoms with E-state index in [0.717, 1.165) is 78.4 Å². The number of rotatable bonds is 8. The molecule has 42 heavy (non-hydrogen) atoms. The number of allylic oxidation sites excluding steroid dienone is 2. The van der Waals surface area contributed by atoms with E-state index in [2.05, 4.69) is 9.97 Å². The number of amides is 1. The maximum atomic E-state index is 14.0. The zero-order chi connectivity index (χ0) is 28.9. The van der Waals surface area contributed by atoms with E-state index in [1.54, 1.807) is 24.4 Å². The number of anilines is 1. The lowest BCUT2D eigenvalue weighted by atomic mass is 9.88. The molecule has 2 aliphatic rings. The fraction of sp³-hybridized carbons (Fsp3) is 0.306. The molecule has 0 radical (unpaired) electrons. The highest BCUT2D eigenvalue weighted by Crippen LogP contribution is 2.34. The number of carbonyl (C=O) groups excluding carboxylic acids is 1. The number of aliphatic hydroxyl groups is 1. The summed E-state index contributed by atoms with van der Waals surface area (Å²) in [6.07, 6.45) is 14.6. The topological polar surface area (TPSA) is 75.5 Å². The molecular weight excluding hydrogens is 522 g/mol. The number of benzene rings is 3. The quantitative estimate of drug-likeness (QED) is 0.175. The van der Waals surface area contributed by atoms with Crippen molar-refractivity contribution >= 4 is 28.7 Å². The highest BCUT2D eigenvalue weighted by atomic mass is 16.5. The Hall–Kier alpha value is -4.29. The maximum absolute atomic E-state index is 14.0. The number of hydrogen-bond donors (Lipinski definition) is 1. The van der Waals surface area contributed by atoms with Gasteiger partial charge < -0.3 is 9.84 Å². The summed E-state index contributed by atoms with van der Waals surface area (Å²) in [5.41, 5.74) is 7.35. The van der Waals surface area contributed by atoms with Gasteiger partial charge in [-0.3, -0.25) is 19.7 Å². The van der Waals surface area contributed by atoms with Crippen LogP contribution in [-0.2, 0) is 9.53 Å². The van der Waals surface area contributed by atoms with E-state index in [4.69, 9.17) is 4.74 Å². The van der Waals surface area contributed by atoms with Crippen molar-refractivity contribution in [3.63, 3.8) is 0 Å². The Balaban J connectivity index is 1.30. The van der Waals surface area contributed by atoms with Crippen molar-refractivity contribution in [3.05, 3.63) is 108 Å². The molecule has 0 saturated heterocycles. The van der Waals surface area contributed by atoms with Crippen molar-refractivity contribution in [2.45, 2.75) is 57.6 Å². The Morgan fingerprint density at radius 1 is 0.905 bits per heavy atom. The average molecular weight is 560 g/mol. The summed E-state index contributed by atoms with van der Waals surface area (Å²) in [7, 11) is 1.71. The third-order valence-corrected chi connectivity index (χ3v) is 8.55. The van der Waals surface area contributed by atoms with Crippen LogP contribution in [0.5, 0.6) is 0 Å². The van der Waals surface area contributed by atoms with Crippen LogP contribution in [0.2, 0.25) is 0 Å². The van der Waals surface area contributed by atoms with Crippen LogP contribution < -0.4 is 4.90 Å². The average Bonchev–Trinajstić information content (AvgIpc) is 3.02. The molecule has 1 unspecified atom stereocenters. The van der Waals surface area contributed by atoms with Crippen LogP contribution in [0.1, 0.15) is 68.7 Å². The summed E-state index contributed by atoms with van der Waals surface area (Å²) in [5, 5.41) is 11.7. The van der Waals surface area contributed by atoms with Crippen LogP contribution in [0.15, 0.2) is 96.5 Å². The van der Waals surface area contributed by atoms with Crippen molar-refractivity contribution in [2.24, 2.45) is 5.92 Å². The Labute approximate surface area is 247 Å². The Morgan fingerprint density at radius 2 is 1.64 bits per heavy atom. The summed E-state index contributed by atoms with van der Waals surface area (Å²) in [5.74, 6) is 0.809. The van der Waals surface area contributed by atoms with E-state index in [1.807, 2.05) is 78.9 Å². The summed E-state index contributed by atoms with van der Waals surface area (Å²) >= 11 is 0. The summed E-state index contributed by atoms with van der Waals surface area (Å²) in [6.45, 7) is 0. The lowest BCUT2D eigenvalue weighted by Gasteiger charge is -2.33. The minimum atomic E-state index is -1.11. The van der Waals surface area contributed by atoms with E-state index in [0.29, 0.717) is 11.3 Å². The Kier molecular flexibility index (Phi) is 8.42. The predicted molar refractivity (Wildman–Crippen MR) is 167 cm³/mol. The second kappa shape index (κ2) is 12.7. The first-order valence-corrected chi connectivity index (χ1v) is 15.0. The van der Waals surface area contributed by atoms with Crippen LogP contribution in [-0.4, -0.2) is 28.1 Å². The third-order valence-electron chi connectivity index (χ3n) is 8.55. The third kappa shape index (κ3) is 6.00. The molecule has 0 bridgehead atoms. The number of methoxy groups -OCH3 is 1. The normalized spacial score (nSPS) is 16.3. The number of hydrogen-bond acceptors (Lipinski definition) is 5. The van der Waals surface area contributed by atoms with E-state index in [-0.39, 0.29) is 11.8 Å². The van der Waals surface area contributed by atoms with Gasteiger partial charge in [-0.2, -0.15) is 0 Å². The van der Waals surface area contributed by atoms with Crippen LogP contribution in [0.4, 0.5) is 5.69 Å². The van der Waals surface area contributed by atoms with Gasteiger partial charge in [0.1, 0.15) is 5.76 Å². The van der Waals surface area contributed by atoms with Gasteiger partial charge in [-0.05, 0) is 84.7 Å². The molecule has 1 amide bonds. The number of aliphatic hydroxyl groups excluding tert-OH is 1. The zero-order valence-electron chi connectivity index (χ0n) is 24.1. The van der Waals surface area contributed by atoms with Gasteiger partial charge in [0, 0.05) is 29.6 Å². The molecule has 1 heterocycles. The SMILES string of the molecule is COC(/C=C/c1cccc(N(C(=O)C2CCCCC2)C(O)c2ccc(-c3ccc4nccnc4c3)cc2)c1)=C1CCC1. The molecule has 3 aromatic carbocycles. The smallest absolute Gasteiger partial charge is 0.232 e. The van der Waals surface area contributed by atoms with E-state index in [9.17, 15) is 9.90 Å². The van der Waals surface area contributed by atoms with Crippen molar-refractivity contribution in [1.82, 2.24) is 9.97 Å². The van der Waals surface area contributed by atoms with Gasteiger partial charge in [0.05, 0.1) is 18.1 Å². The molecule has 6 rings (SSSR count). The van der Waals surface area contributed by atoms with Crippen LogP contribution in [0.25, 0.3) is 28.2 Å². The van der Waals surface area contributed by atoms with E-state index < -0.39 is 6.23 Å². The van der Waals surface area contributed by atoms with Gasteiger partial charge in [0.15, 0.2) is 6.23 Å². The molecule has 1 atom stereocenters. The first-order chi connectivity index (χ1) is 20.6. The molecule has 2 aliphatic carbocycles. The number of nitrogens with zero attached hydrogens (tertiary/aromatic N) is 3. The first kappa shape index (κ1) is 27.9. The molecule has 2 saturated carbocycles. The molecule has 2 fully saturated rings. The van der Waals surface area contributed by atoms with Gasteiger partial charge in [-0.15, -0.1) is 0 Å². The van der Waals surface area contributed by atoms with Gasteiger partial charge in [-0.1, -0.05) is 67.8 Å². The van der Waals surface area contributed by atoms with Crippen molar-refractivity contribution in [3.8, 4) is 11.1 Å². The molecule has 0 aliphatic heterocycles. The zero-order valence-corrected chi connectivity index (χ0v) is 24.1. The first-order valence-electron chi connectivity index (χ1n) is 15.0. The van der Waals surface area contributed by atoms with Crippen LogP contribution >= 0.6 is 0 Å². The fourth-order valence-corrected chi connectivity index (χ4v) is 5.96. The van der Waals surface area contributed by atoms with Gasteiger partial charge >= 0.3 is 0 Å². The Morgan fingerprint density at radius 3 is 2.36 bits per heavy atom. The number of aromatic nitrogens is 2. The molecule has 1 N–H and O–H groups in total. The van der Waals surface area contributed by atoms with Crippen molar-refractivity contribution in [2.75, 3.05) is 12.0 Å². The maximum Gasteiger partial charge on any atom is 0.232 e.